The zero-order chi connectivity index (χ0) is 9.14. The van der Waals surface area contributed by atoms with Crippen molar-refractivity contribution in [2.24, 2.45) is 11.7 Å². The van der Waals surface area contributed by atoms with Gasteiger partial charge in [-0.2, -0.15) is 0 Å². The molecule has 0 bridgehead atoms. The number of hydrogen-bond acceptors (Lipinski definition) is 3. The first-order valence-corrected chi connectivity index (χ1v) is 4.32. The van der Waals surface area contributed by atoms with Crippen molar-refractivity contribution >= 4 is 0 Å². The third kappa shape index (κ3) is 1.85. The van der Waals surface area contributed by atoms with E-state index in [1.165, 1.54) is 0 Å². The topological polar surface area (TPSA) is 52.0 Å². The summed E-state index contributed by atoms with van der Waals surface area (Å²) >= 11 is 0. The lowest BCUT2D eigenvalue weighted by molar-refractivity contribution is 0.446. The SMILES string of the molecule is CC[C@H](C)[C@H](N)c1coc(C)n1. The fourth-order valence-corrected chi connectivity index (χ4v) is 1.08. The second-order valence-corrected chi connectivity index (χ2v) is 3.20. The predicted molar refractivity (Wildman–Crippen MR) is 47.6 cm³/mol. The average molecular weight is 168 g/mol. The zero-order valence-corrected chi connectivity index (χ0v) is 7.87. The molecule has 0 aromatic carbocycles. The smallest absolute Gasteiger partial charge is 0.191 e. The fraction of sp³-hybridized carbons (Fsp3) is 0.667. The molecule has 0 unspecified atom stereocenters. The molecule has 12 heavy (non-hydrogen) atoms. The van der Waals surface area contributed by atoms with Gasteiger partial charge < -0.3 is 10.2 Å². The molecule has 1 heterocycles. The summed E-state index contributed by atoms with van der Waals surface area (Å²) in [6.45, 7) is 6.07. The van der Waals surface area contributed by atoms with Crippen LogP contribution in [0, 0.1) is 12.8 Å². The van der Waals surface area contributed by atoms with Gasteiger partial charge >= 0.3 is 0 Å². The van der Waals surface area contributed by atoms with Gasteiger partial charge in [0, 0.05) is 6.92 Å². The number of nitrogens with zero attached hydrogens (tertiary/aromatic N) is 1. The molecular formula is C9H16N2O. The van der Waals surface area contributed by atoms with Gasteiger partial charge in [0.25, 0.3) is 0 Å². The van der Waals surface area contributed by atoms with Crippen LogP contribution < -0.4 is 5.73 Å². The van der Waals surface area contributed by atoms with Crippen LogP contribution >= 0.6 is 0 Å². The van der Waals surface area contributed by atoms with E-state index in [1.54, 1.807) is 6.26 Å². The Morgan fingerprint density at radius 2 is 2.33 bits per heavy atom. The van der Waals surface area contributed by atoms with Gasteiger partial charge in [0.1, 0.15) is 6.26 Å². The van der Waals surface area contributed by atoms with E-state index in [4.69, 9.17) is 10.2 Å². The van der Waals surface area contributed by atoms with Crippen LogP contribution in [-0.4, -0.2) is 4.98 Å². The number of aryl methyl sites for hydroxylation is 1. The molecule has 3 nitrogen and oxygen atoms in total. The molecule has 2 atom stereocenters. The molecular weight excluding hydrogens is 152 g/mol. The summed E-state index contributed by atoms with van der Waals surface area (Å²) in [6, 6.07) is 0.00690. The minimum absolute atomic E-state index is 0.00690. The second-order valence-electron chi connectivity index (χ2n) is 3.20. The Labute approximate surface area is 73.0 Å². The van der Waals surface area contributed by atoms with Gasteiger partial charge in [-0.25, -0.2) is 4.98 Å². The van der Waals surface area contributed by atoms with Gasteiger partial charge in [-0.1, -0.05) is 20.3 Å². The van der Waals surface area contributed by atoms with Crippen LogP contribution in [-0.2, 0) is 0 Å². The number of oxazole rings is 1. The van der Waals surface area contributed by atoms with Crippen LogP contribution in [0.2, 0.25) is 0 Å². The lowest BCUT2D eigenvalue weighted by Crippen LogP contribution is -2.18. The van der Waals surface area contributed by atoms with E-state index >= 15 is 0 Å². The van der Waals surface area contributed by atoms with E-state index in [9.17, 15) is 0 Å². The maximum Gasteiger partial charge on any atom is 0.191 e. The van der Waals surface area contributed by atoms with E-state index in [0.29, 0.717) is 11.8 Å². The predicted octanol–water partition coefficient (Wildman–Crippen LogP) is 2.03. The minimum Gasteiger partial charge on any atom is -0.449 e. The quantitative estimate of drug-likeness (QED) is 0.751. The molecule has 68 valence electrons. The molecule has 0 aliphatic heterocycles. The molecule has 0 spiro atoms. The van der Waals surface area contributed by atoms with Crippen molar-refractivity contribution in [1.29, 1.82) is 0 Å². The van der Waals surface area contributed by atoms with E-state index in [2.05, 4.69) is 18.8 Å². The van der Waals surface area contributed by atoms with Crippen molar-refractivity contribution in [3.63, 3.8) is 0 Å². The Hall–Kier alpha value is -0.830. The van der Waals surface area contributed by atoms with Crippen molar-refractivity contribution in [2.75, 3.05) is 0 Å². The molecule has 0 radical (unpaired) electrons. The first kappa shape index (κ1) is 9.26. The van der Waals surface area contributed by atoms with Crippen LogP contribution in [0.3, 0.4) is 0 Å². The molecule has 0 aliphatic rings. The average Bonchev–Trinajstić information content (AvgIpc) is 2.49. The fourth-order valence-electron chi connectivity index (χ4n) is 1.08. The van der Waals surface area contributed by atoms with Gasteiger partial charge in [-0.15, -0.1) is 0 Å². The number of aromatic nitrogens is 1. The van der Waals surface area contributed by atoms with Gasteiger partial charge in [-0.05, 0) is 5.92 Å². The molecule has 2 N–H and O–H groups in total. The maximum atomic E-state index is 5.94. The summed E-state index contributed by atoms with van der Waals surface area (Å²) in [5.41, 5.74) is 6.80. The molecule has 0 saturated carbocycles. The van der Waals surface area contributed by atoms with E-state index in [-0.39, 0.29) is 6.04 Å². The Bertz CT molecular complexity index is 244. The molecule has 0 saturated heterocycles. The van der Waals surface area contributed by atoms with Gasteiger partial charge in [0.15, 0.2) is 5.89 Å². The number of hydrogen-bond donors (Lipinski definition) is 1. The van der Waals surface area contributed by atoms with Crippen LogP contribution in [0.15, 0.2) is 10.7 Å². The van der Waals surface area contributed by atoms with Crippen LogP contribution in [0.1, 0.15) is 37.9 Å². The standard InChI is InChI=1S/C9H16N2O/c1-4-6(2)9(10)8-5-12-7(3)11-8/h5-6,9H,4,10H2,1-3H3/t6-,9-/m0/s1. The Morgan fingerprint density at radius 3 is 2.75 bits per heavy atom. The van der Waals surface area contributed by atoms with Crippen LogP contribution in [0.25, 0.3) is 0 Å². The highest BCUT2D eigenvalue weighted by Crippen LogP contribution is 2.20. The Kier molecular flexibility index (Phi) is 2.87. The summed E-state index contributed by atoms with van der Waals surface area (Å²) < 4.78 is 5.09. The van der Waals surface area contributed by atoms with Gasteiger partial charge in [0.05, 0.1) is 11.7 Å². The van der Waals surface area contributed by atoms with Crippen LogP contribution in [0.5, 0.6) is 0 Å². The van der Waals surface area contributed by atoms with E-state index in [0.717, 1.165) is 12.1 Å². The number of nitrogens with two attached hydrogens (primary N) is 1. The highest BCUT2D eigenvalue weighted by Gasteiger charge is 2.15. The molecule has 0 amide bonds. The lowest BCUT2D eigenvalue weighted by atomic mass is 9.98. The first-order chi connectivity index (χ1) is 5.65. The van der Waals surface area contributed by atoms with Crippen molar-refractivity contribution in [1.82, 2.24) is 4.98 Å². The molecule has 3 heteroatoms. The summed E-state index contributed by atoms with van der Waals surface area (Å²) in [5, 5.41) is 0. The molecule has 1 aromatic heterocycles. The second kappa shape index (κ2) is 3.72. The van der Waals surface area contributed by atoms with Crippen molar-refractivity contribution in [3.05, 3.63) is 17.8 Å². The monoisotopic (exact) mass is 168 g/mol. The summed E-state index contributed by atoms with van der Waals surface area (Å²) in [4.78, 5) is 4.19. The molecule has 0 fully saturated rings. The third-order valence-electron chi connectivity index (χ3n) is 2.24. The van der Waals surface area contributed by atoms with Crippen LogP contribution in [0.4, 0.5) is 0 Å². The maximum absolute atomic E-state index is 5.94. The highest BCUT2D eigenvalue weighted by atomic mass is 16.3. The Morgan fingerprint density at radius 1 is 1.67 bits per heavy atom. The largest absolute Gasteiger partial charge is 0.449 e. The lowest BCUT2D eigenvalue weighted by Gasteiger charge is -2.14. The van der Waals surface area contributed by atoms with Crippen molar-refractivity contribution in [3.8, 4) is 0 Å². The first-order valence-electron chi connectivity index (χ1n) is 4.32. The molecule has 1 aromatic rings. The summed E-state index contributed by atoms with van der Waals surface area (Å²) in [5.74, 6) is 1.14. The van der Waals surface area contributed by atoms with E-state index in [1.807, 2.05) is 6.92 Å². The summed E-state index contributed by atoms with van der Waals surface area (Å²) in [6.07, 6.45) is 2.71. The zero-order valence-electron chi connectivity index (χ0n) is 7.87. The third-order valence-corrected chi connectivity index (χ3v) is 2.24. The molecule has 0 aliphatic carbocycles. The van der Waals surface area contributed by atoms with Crippen molar-refractivity contribution < 1.29 is 4.42 Å². The normalized spacial score (nSPS) is 16.0. The van der Waals surface area contributed by atoms with Gasteiger partial charge in [0.2, 0.25) is 0 Å². The molecule has 1 rings (SSSR count). The Balaban J connectivity index is 2.70. The van der Waals surface area contributed by atoms with Gasteiger partial charge in [-0.3, -0.25) is 0 Å². The highest BCUT2D eigenvalue weighted by molar-refractivity contribution is 5.02. The van der Waals surface area contributed by atoms with Crippen molar-refractivity contribution in [2.45, 2.75) is 33.2 Å². The number of rotatable bonds is 3. The minimum atomic E-state index is 0.00690. The summed E-state index contributed by atoms with van der Waals surface area (Å²) in [7, 11) is 0. The van der Waals surface area contributed by atoms with E-state index < -0.39 is 0 Å².